The zero-order valence-corrected chi connectivity index (χ0v) is 14.1. The van der Waals surface area contributed by atoms with Crippen LogP contribution in [0.2, 0.25) is 0 Å². The Bertz CT molecular complexity index is 527. The van der Waals surface area contributed by atoms with Crippen LogP contribution in [0, 0.1) is 0 Å². The summed E-state index contributed by atoms with van der Waals surface area (Å²) in [6.45, 7) is 11.4. The van der Waals surface area contributed by atoms with Crippen molar-refractivity contribution in [2.24, 2.45) is 0 Å². The number of amides is 1. The molecule has 1 saturated heterocycles. The number of carbonyl (C=O) groups excluding carboxylic acids is 1. The number of nitrogens with two attached hydrogens (primary N) is 1. The van der Waals surface area contributed by atoms with Gasteiger partial charge in [0.1, 0.15) is 10.6 Å². The van der Waals surface area contributed by atoms with Gasteiger partial charge in [-0.15, -0.1) is 0 Å². The number of carbonyl (C=O) groups is 1. The molecule has 21 heavy (non-hydrogen) atoms. The number of hydrogen-bond acceptors (Lipinski definition) is 6. The van der Waals surface area contributed by atoms with Crippen molar-refractivity contribution in [2.45, 2.75) is 52.4 Å². The lowest BCUT2D eigenvalue weighted by molar-refractivity contribution is -0.0748. The van der Waals surface area contributed by atoms with Gasteiger partial charge in [0.15, 0.2) is 5.82 Å². The Hall–Kier alpha value is -1.34. The number of aromatic nitrogens is 1. The van der Waals surface area contributed by atoms with Crippen LogP contribution in [-0.2, 0) is 4.74 Å². The smallest absolute Gasteiger partial charge is 0.258 e. The molecule has 3 N–H and O–H groups in total. The fraction of sp³-hybridized carbons (Fsp3) is 0.714. The molecule has 1 aromatic rings. The lowest BCUT2D eigenvalue weighted by atomic mass is 10.1. The van der Waals surface area contributed by atoms with E-state index in [1.54, 1.807) is 0 Å². The van der Waals surface area contributed by atoms with Gasteiger partial charge in [-0.3, -0.25) is 4.79 Å². The van der Waals surface area contributed by atoms with E-state index in [-0.39, 0.29) is 23.7 Å². The van der Waals surface area contributed by atoms with E-state index in [4.69, 9.17) is 10.5 Å². The van der Waals surface area contributed by atoms with E-state index in [0.717, 1.165) is 11.5 Å². The molecule has 0 bridgehead atoms. The molecule has 0 spiro atoms. The molecule has 1 amide bonds. The first kappa shape index (κ1) is 16.0. The lowest BCUT2D eigenvalue weighted by Gasteiger charge is -2.42. The van der Waals surface area contributed by atoms with Gasteiger partial charge in [-0.2, -0.15) is 4.37 Å². The summed E-state index contributed by atoms with van der Waals surface area (Å²) < 4.78 is 10.1. The summed E-state index contributed by atoms with van der Waals surface area (Å²) >= 11 is 1.28. The Morgan fingerprint density at radius 2 is 2.24 bits per heavy atom. The third-order valence-electron chi connectivity index (χ3n) is 3.20. The Morgan fingerprint density at radius 3 is 2.81 bits per heavy atom. The standard InChI is InChI=1S/C14H24N4O2S/c1-8(2)16-12(19)10-11(15)17-21-13(10)18-6-9(3)20-14(4,5)7-18/h8-9H,6-7H2,1-5H3,(H2,15,17)(H,16,19). The minimum Gasteiger partial charge on any atom is -0.382 e. The summed E-state index contributed by atoms with van der Waals surface area (Å²) in [6.07, 6.45) is 0.0954. The van der Waals surface area contributed by atoms with Gasteiger partial charge in [0.25, 0.3) is 5.91 Å². The second-order valence-corrected chi connectivity index (χ2v) is 7.20. The van der Waals surface area contributed by atoms with Crippen molar-refractivity contribution in [1.29, 1.82) is 0 Å². The average Bonchev–Trinajstić information content (AvgIpc) is 2.67. The molecule has 1 aliphatic heterocycles. The molecule has 2 rings (SSSR count). The first-order valence-electron chi connectivity index (χ1n) is 7.18. The van der Waals surface area contributed by atoms with Crippen molar-refractivity contribution < 1.29 is 9.53 Å². The number of rotatable bonds is 3. The molecule has 6 nitrogen and oxygen atoms in total. The van der Waals surface area contributed by atoms with E-state index in [1.165, 1.54) is 11.5 Å². The summed E-state index contributed by atoms with van der Waals surface area (Å²) in [5, 5.41) is 3.71. The van der Waals surface area contributed by atoms with Crippen molar-refractivity contribution in [1.82, 2.24) is 9.69 Å². The van der Waals surface area contributed by atoms with Gasteiger partial charge in [-0.1, -0.05) is 0 Å². The molecule has 118 valence electrons. The lowest BCUT2D eigenvalue weighted by Crippen LogP contribution is -2.52. The minimum absolute atomic E-state index is 0.0599. The maximum atomic E-state index is 12.4. The molecular formula is C14H24N4O2S. The Balaban J connectivity index is 2.30. The van der Waals surface area contributed by atoms with E-state index < -0.39 is 0 Å². The summed E-state index contributed by atoms with van der Waals surface area (Å²) in [5.74, 6) is 0.133. The van der Waals surface area contributed by atoms with Crippen LogP contribution in [0.3, 0.4) is 0 Å². The first-order valence-corrected chi connectivity index (χ1v) is 7.95. The topological polar surface area (TPSA) is 80.5 Å². The zero-order chi connectivity index (χ0) is 15.8. The second-order valence-electron chi connectivity index (χ2n) is 6.44. The quantitative estimate of drug-likeness (QED) is 0.890. The zero-order valence-electron chi connectivity index (χ0n) is 13.3. The third kappa shape index (κ3) is 3.65. The summed E-state index contributed by atoms with van der Waals surface area (Å²) in [7, 11) is 0. The molecule has 1 aromatic heterocycles. The summed E-state index contributed by atoms with van der Waals surface area (Å²) in [6, 6.07) is 0.0599. The van der Waals surface area contributed by atoms with Crippen molar-refractivity contribution in [2.75, 3.05) is 23.7 Å². The number of ether oxygens (including phenoxy) is 1. The molecule has 1 fully saturated rings. The molecule has 1 unspecified atom stereocenters. The number of nitrogens with one attached hydrogen (secondary N) is 1. The fourth-order valence-corrected chi connectivity index (χ4v) is 3.48. The molecular weight excluding hydrogens is 288 g/mol. The van der Waals surface area contributed by atoms with E-state index in [9.17, 15) is 4.79 Å². The molecule has 0 saturated carbocycles. The van der Waals surface area contributed by atoms with Gasteiger partial charge in [-0.25, -0.2) is 0 Å². The summed E-state index contributed by atoms with van der Waals surface area (Å²) in [5.41, 5.74) is 6.13. The third-order valence-corrected chi connectivity index (χ3v) is 4.13. The Kier molecular flexibility index (Phi) is 4.43. The maximum Gasteiger partial charge on any atom is 0.258 e. The normalized spacial score (nSPS) is 21.6. The average molecular weight is 312 g/mol. The van der Waals surface area contributed by atoms with Crippen LogP contribution in [0.5, 0.6) is 0 Å². The number of morpholine rings is 1. The van der Waals surface area contributed by atoms with Gasteiger partial charge >= 0.3 is 0 Å². The SMILES string of the molecule is CC(C)NC(=O)c1c(N)nsc1N1CC(C)OC(C)(C)C1. The van der Waals surface area contributed by atoms with E-state index >= 15 is 0 Å². The molecule has 2 heterocycles. The van der Waals surface area contributed by atoms with E-state index in [2.05, 4.69) is 14.6 Å². The molecule has 0 aromatic carbocycles. The second kappa shape index (κ2) is 5.81. The maximum absolute atomic E-state index is 12.4. The van der Waals surface area contributed by atoms with Crippen LogP contribution in [-0.4, -0.2) is 41.1 Å². The highest BCUT2D eigenvalue weighted by Crippen LogP contribution is 2.34. The Morgan fingerprint density at radius 1 is 1.57 bits per heavy atom. The van der Waals surface area contributed by atoms with Gasteiger partial charge < -0.3 is 20.7 Å². The fourth-order valence-electron chi connectivity index (χ4n) is 2.67. The largest absolute Gasteiger partial charge is 0.382 e. The van der Waals surface area contributed by atoms with Crippen molar-refractivity contribution in [3.63, 3.8) is 0 Å². The highest BCUT2D eigenvalue weighted by atomic mass is 32.1. The van der Waals surface area contributed by atoms with Crippen molar-refractivity contribution in [3.05, 3.63) is 5.56 Å². The monoisotopic (exact) mass is 312 g/mol. The number of anilines is 2. The van der Waals surface area contributed by atoms with Crippen molar-refractivity contribution in [3.8, 4) is 0 Å². The van der Waals surface area contributed by atoms with Crippen LogP contribution in [0.15, 0.2) is 0 Å². The predicted molar refractivity (Wildman–Crippen MR) is 86.0 cm³/mol. The van der Waals surface area contributed by atoms with Crippen molar-refractivity contribution >= 4 is 28.3 Å². The molecule has 1 atom stereocenters. The van der Waals surface area contributed by atoms with Crippen LogP contribution in [0.4, 0.5) is 10.8 Å². The van der Waals surface area contributed by atoms with E-state index in [0.29, 0.717) is 17.9 Å². The predicted octanol–water partition coefficient (Wildman–Crippen LogP) is 1.87. The first-order chi connectivity index (χ1) is 9.69. The van der Waals surface area contributed by atoms with Gasteiger partial charge in [0.2, 0.25) is 0 Å². The van der Waals surface area contributed by atoms with E-state index in [1.807, 2.05) is 34.6 Å². The molecule has 0 aliphatic carbocycles. The van der Waals surface area contributed by atoms with Crippen LogP contribution >= 0.6 is 11.5 Å². The molecule has 0 radical (unpaired) electrons. The van der Waals surface area contributed by atoms with Gasteiger partial charge in [0.05, 0.1) is 11.7 Å². The summed E-state index contributed by atoms with van der Waals surface area (Å²) in [4.78, 5) is 14.5. The van der Waals surface area contributed by atoms with Crippen LogP contribution in [0.25, 0.3) is 0 Å². The number of nitrogen functional groups attached to an aromatic ring is 1. The highest BCUT2D eigenvalue weighted by molar-refractivity contribution is 7.11. The van der Waals surface area contributed by atoms with Gasteiger partial charge in [-0.05, 0) is 46.2 Å². The van der Waals surface area contributed by atoms with Crippen LogP contribution in [0.1, 0.15) is 45.0 Å². The van der Waals surface area contributed by atoms with Gasteiger partial charge in [0, 0.05) is 19.1 Å². The number of hydrogen-bond donors (Lipinski definition) is 2. The Labute approximate surface area is 129 Å². The molecule has 1 aliphatic rings. The minimum atomic E-state index is -0.262. The number of nitrogens with zero attached hydrogens (tertiary/aromatic N) is 2. The molecule has 7 heteroatoms. The van der Waals surface area contributed by atoms with Crippen LogP contribution < -0.4 is 16.0 Å². The highest BCUT2D eigenvalue weighted by Gasteiger charge is 2.34.